The molecule has 0 amide bonds. The summed E-state index contributed by atoms with van der Waals surface area (Å²) in [4.78, 5) is 4.43. The molecular formula is C24H21ClN4O. The van der Waals surface area contributed by atoms with Crippen molar-refractivity contribution in [1.29, 1.82) is 0 Å². The fraction of sp³-hybridized carbons (Fsp3) is 0.0833. The van der Waals surface area contributed by atoms with Crippen LogP contribution in [0.3, 0.4) is 0 Å². The number of rotatable bonds is 6. The Hall–Kier alpha value is -3.57. The van der Waals surface area contributed by atoms with E-state index in [4.69, 9.17) is 21.4 Å². The van der Waals surface area contributed by atoms with E-state index >= 15 is 0 Å². The van der Waals surface area contributed by atoms with E-state index < -0.39 is 0 Å². The molecule has 0 bridgehead atoms. The summed E-state index contributed by atoms with van der Waals surface area (Å²) >= 11 is 6.32. The average molecular weight is 417 g/mol. The summed E-state index contributed by atoms with van der Waals surface area (Å²) in [5.41, 5.74) is 6.84. The molecule has 0 fully saturated rings. The smallest absolute Gasteiger partial charge is 0.156 e. The molecule has 4 aromatic rings. The van der Waals surface area contributed by atoms with Gasteiger partial charge in [0.1, 0.15) is 11.5 Å². The van der Waals surface area contributed by atoms with Crippen LogP contribution in [0.2, 0.25) is 5.02 Å². The molecule has 2 aromatic heterocycles. The van der Waals surface area contributed by atoms with Gasteiger partial charge < -0.3 is 10.1 Å². The van der Waals surface area contributed by atoms with Gasteiger partial charge in [-0.25, -0.2) is 9.50 Å². The lowest BCUT2D eigenvalue weighted by atomic mass is 10.1. The number of methoxy groups -OCH3 is 1. The lowest BCUT2D eigenvalue weighted by Crippen LogP contribution is -2.00. The van der Waals surface area contributed by atoms with Crippen molar-refractivity contribution in [2.45, 2.75) is 6.92 Å². The van der Waals surface area contributed by atoms with E-state index in [2.05, 4.69) is 23.5 Å². The normalized spacial score (nSPS) is 10.8. The Bertz CT molecular complexity index is 1260. The van der Waals surface area contributed by atoms with Crippen molar-refractivity contribution in [2.75, 3.05) is 12.4 Å². The second-order valence-corrected chi connectivity index (χ2v) is 7.31. The molecule has 6 heteroatoms. The molecule has 150 valence electrons. The van der Waals surface area contributed by atoms with E-state index in [9.17, 15) is 0 Å². The Balaban J connectivity index is 1.62. The Kier molecular flexibility index (Phi) is 5.29. The van der Waals surface area contributed by atoms with Gasteiger partial charge in [-0.2, -0.15) is 5.10 Å². The molecular weight excluding hydrogens is 396 g/mol. The van der Waals surface area contributed by atoms with Gasteiger partial charge >= 0.3 is 0 Å². The SMILES string of the molecule is C=C(OC)c1ccc(NC(=C)c2cc3nccc(-c4ccc(C)c(Cl)c4)n3n2)cc1. The molecule has 0 saturated carbocycles. The first-order valence-corrected chi connectivity index (χ1v) is 9.75. The number of nitrogens with zero attached hydrogens (tertiary/aromatic N) is 3. The van der Waals surface area contributed by atoms with Crippen LogP contribution >= 0.6 is 11.6 Å². The van der Waals surface area contributed by atoms with E-state index in [1.807, 2.05) is 61.5 Å². The fourth-order valence-corrected chi connectivity index (χ4v) is 3.29. The zero-order chi connectivity index (χ0) is 21.3. The summed E-state index contributed by atoms with van der Waals surface area (Å²) < 4.78 is 6.96. The highest BCUT2D eigenvalue weighted by atomic mass is 35.5. The molecule has 0 atom stereocenters. The number of benzene rings is 2. The number of anilines is 1. The predicted molar refractivity (Wildman–Crippen MR) is 123 cm³/mol. The summed E-state index contributed by atoms with van der Waals surface area (Å²) in [6.07, 6.45) is 1.77. The largest absolute Gasteiger partial charge is 0.497 e. The van der Waals surface area contributed by atoms with Crippen LogP contribution in [0.15, 0.2) is 74.0 Å². The average Bonchev–Trinajstić information content (AvgIpc) is 3.20. The Labute approximate surface area is 180 Å². The number of hydrogen-bond acceptors (Lipinski definition) is 4. The van der Waals surface area contributed by atoms with Gasteiger partial charge in [0, 0.05) is 34.1 Å². The van der Waals surface area contributed by atoms with Crippen molar-refractivity contribution in [1.82, 2.24) is 14.6 Å². The summed E-state index contributed by atoms with van der Waals surface area (Å²) in [6.45, 7) is 9.98. The van der Waals surface area contributed by atoms with Crippen molar-refractivity contribution < 1.29 is 4.74 Å². The third kappa shape index (κ3) is 3.80. The molecule has 1 N–H and O–H groups in total. The van der Waals surface area contributed by atoms with Gasteiger partial charge in [-0.1, -0.05) is 36.9 Å². The van der Waals surface area contributed by atoms with Gasteiger partial charge in [0.2, 0.25) is 0 Å². The molecule has 0 aliphatic heterocycles. The lowest BCUT2D eigenvalue weighted by Gasteiger charge is -2.09. The van der Waals surface area contributed by atoms with Crippen molar-refractivity contribution >= 4 is 34.4 Å². The number of aryl methyl sites for hydroxylation is 1. The first-order valence-electron chi connectivity index (χ1n) is 9.37. The second-order valence-electron chi connectivity index (χ2n) is 6.90. The zero-order valence-electron chi connectivity index (χ0n) is 16.8. The maximum Gasteiger partial charge on any atom is 0.156 e. The molecule has 0 aliphatic carbocycles. The number of ether oxygens (including phenoxy) is 1. The van der Waals surface area contributed by atoms with Crippen molar-refractivity contribution in [3.8, 4) is 11.3 Å². The van der Waals surface area contributed by atoms with Crippen molar-refractivity contribution in [3.63, 3.8) is 0 Å². The van der Waals surface area contributed by atoms with Crippen LogP contribution < -0.4 is 5.32 Å². The van der Waals surface area contributed by atoms with Crippen LogP contribution in [-0.4, -0.2) is 21.7 Å². The van der Waals surface area contributed by atoms with Gasteiger partial charge in [0.15, 0.2) is 5.65 Å². The van der Waals surface area contributed by atoms with Crippen molar-refractivity contribution in [2.24, 2.45) is 0 Å². The van der Waals surface area contributed by atoms with Crippen LogP contribution in [0, 0.1) is 6.92 Å². The van der Waals surface area contributed by atoms with Crippen molar-refractivity contribution in [3.05, 3.63) is 95.8 Å². The number of hydrogen-bond donors (Lipinski definition) is 1. The number of fused-ring (bicyclic) bond motifs is 1. The summed E-state index contributed by atoms with van der Waals surface area (Å²) in [6, 6.07) is 17.5. The minimum Gasteiger partial charge on any atom is -0.497 e. The molecule has 30 heavy (non-hydrogen) atoms. The standard InChI is InChI=1S/C24H21ClN4O/c1-15-5-6-19(13-21(15)25)23-11-12-26-24-14-22(28-29(23)24)16(2)27-20-9-7-18(8-10-20)17(3)30-4/h5-14,27H,2-3H2,1,4H3. The zero-order valence-corrected chi connectivity index (χ0v) is 17.6. The van der Waals surface area contributed by atoms with E-state index in [-0.39, 0.29) is 0 Å². The molecule has 5 nitrogen and oxygen atoms in total. The summed E-state index contributed by atoms with van der Waals surface area (Å²) in [5.74, 6) is 0.621. The van der Waals surface area contributed by atoms with Gasteiger partial charge in [0.05, 0.1) is 18.5 Å². The second kappa shape index (κ2) is 8.05. The predicted octanol–water partition coefficient (Wildman–Crippen LogP) is 6.06. The monoisotopic (exact) mass is 416 g/mol. The highest BCUT2D eigenvalue weighted by Crippen LogP contribution is 2.27. The summed E-state index contributed by atoms with van der Waals surface area (Å²) in [7, 11) is 1.60. The van der Waals surface area contributed by atoms with Gasteiger partial charge in [-0.15, -0.1) is 0 Å². The highest BCUT2D eigenvalue weighted by Gasteiger charge is 2.12. The highest BCUT2D eigenvalue weighted by molar-refractivity contribution is 6.31. The van der Waals surface area contributed by atoms with Crippen LogP contribution in [0.5, 0.6) is 0 Å². The van der Waals surface area contributed by atoms with E-state index in [0.717, 1.165) is 38.7 Å². The lowest BCUT2D eigenvalue weighted by molar-refractivity contribution is 0.371. The Morgan fingerprint density at radius 3 is 2.53 bits per heavy atom. The molecule has 0 saturated heterocycles. The number of halogens is 1. The molecule has 4 rings (SSSR count). The first-order chi connectivity index (χ1) is 14.5. The third-order valence-corrected chi connectivity index (χ3v) is 5.29. The molecule has 0 radical (unpaired) electrons. The minimum absolute atomic E-state index is 0.621. The quantitative estimate of drug-likeness (QED) is 0.388. The van der Waals surface area contributed by atoms with Crippen LogP contribution in [0.25, 0.3) is 28.4 Å². The Morgan fingerprint density at radius 2 is 1.83 bits per heavy atom. The number of nitrogens with one attached hydrogen (secondary N) is 1. The van der Waals surface area contributed by atoms with Crippen LogP contribution in [0.1, 0.15) is 16.8 Å². The molecule has 0 aliphatic rings. The summed E-state index contributed by atoms with van der Waals surface area (Å²) in [5, 5.41) is 8.72. The van der Waals surface area contributed by atoms with E-state index in [1.54, 1.807) is 17.8 Å². The van der Waals surface area contributed by atoms with Crippen LogP contribution in [-0.2, 0) is 4.74 Å². The number of aromatic nitrogens is 3. The first kappa shape index (κ1) is 19.7. The van der Waals surface area contributed by atoms with E-state index in [1.165, 1.54) is 0 Å². The maximum absolute atomic E-state index is 6.32. The van der Waals surface area contributed by atoms with Gasteiger partial charge in [-0.05, 0) is 48.9 Å². The molecule has 2 heterocycles. The fourth-order valence-electron chi connectivity index (χ4n) is 3.11. The van der Waals surface area contributed by atoms with Gasteiger partial charge in [0.25, 0.3) is 0 Å². The van der Waals surface area contributed by atoms with E-state index in [0.29, 0.717) is 17.2 Å². The van der Waals surface area contributed by atoms with Gasteiger partial charge in [-0.3, -0.25) is 0 Å². The maximum atomic E-state index is 6.32. The molecule has 0 spiro atoms. The minimum atomic E-state index is 0.621. The third-order valence-electron chi connectivity index (χ3n) is 4.88. The Morgan fingerprint density at radius 1 is 1.07 bits per heavy atom. The topological polar surface area (TPSA) is 51.5 Å². The molecule has 2 aromatic carbocycles. The van der Waals surface area contributed by atoms with Crippen LogP contribution in [0.4, 0.5) is 5.69 Å². The molecule has 0 unspecified atom stereocenters.